The topological polar surface area (TPSA) is 65.4 Å². The van der Waals surface area contributed by atoms with Crippen LogP contribution in [0, 0.1) is 18.3 Å². The molecule has 1 heterocycles. The van der Waals surface area contributed by atoms with Crippen LogP contribution in [0.1, 0.15) is 30.9 Å². The molecule has 5 nitrogen and oxygen atoms in total. The van der Waals surface area contributed by atoms with E-state index in [-0.39, 0.29) is 12.1 Å². The number of amides is 1. The molecule has 2 rings (SSSR count). The monoisotopic (exact) mass is 287 g/mol. The van der Waals surface area contributed by atoms with Gasteiger partial charge in [0, 0.05) is 19.1 Å². The maximum Gasteiger partial charge on any atom is 0.409 e. The number of nitriles is 1. The third-order valence-corrected chi connectivity index (χ3v) is 3.77. The minimum absolute atomic E-state index is 0.232. The van der Waals surface area contributed by atoms with Crippen molar-refractivity contribution in [2.75, 3.05) is 25.0 Å². The second kappa shape index (κ2) is 6.98. The molecule has 0 spiro atoms. The lowest BCUT2D eigenvalue weighted by Crippen LogP contribution is -2.42. The van der Waals surface area contributed by atoms with E-state index < -0.39 is 0 Å². The molecule has 1 amide bonds. The SMILES string of the molecule is CCOC(=O)N1CCC(Nc2cccc(C)c2C#N)CC1. The Morgan fingerprint density at radius 1 is 1.48 bits per heavy atom. The molecule has 1 N–H and O–H groups in total. The Kier molecular flexibility index (Phi) is 5.04. The van der Waals surface area contributed by atoms with Crippen LogP contribution in [0.3, 0.4) is 0 Å². The van der Waals surface area contributed by atoms with Gasteiger partial charge >= 0.3 is 6.09 Å². The van der Waals surface area contributed by atoms with Gasteiger partial charge in [-0.3, -0.25) is 0 Å². The van der Waals surface area contributed by atoms with Gasteiger partial charge in [-0.15, -0.1) is 0 Å². The molecule has 0 radical (unpaired) electrons. The van der Waals surface area contributed by atoms with E-state index in [9.17, 15) is 10.1 Å². The second-order valence-corrected chi connectivity index (χ2v) is 5.21. The highest BCUT2D eigenvalue weighted by Gasteiger charge is 2.23. The minimum atomic E-state index is -0.232. The largest absolute Gasteiger partial charge is 0.450 e. The number of benzene rings is 1. The molecule has 1 aromatic carbocycles. The fourth-order valence-corrected chi connectivity index (χ4v) is 2.58. The summed E-state index contributed by atoms with van der Waals surface area (Å²) in [6, 6.07) is 8.35. The summed E-state index contributed by atoms with van der Waals surface area (Å²) in [5, 5.41) is 12.7. The normalized spacial score (nSPS) is 15.4. The van der Waals surface area contributed by atoms with Gasteiger partial charge in [-0.2, -0.15) is 5.26 Å². The summed E-state index contributed by atoms with van der Waals surface area (Å²) in [5.41, 5.74) is 2.56. The first-order valence-electron chi connectivity index (χ1n) is 7.33. The summed E-state index contributed by atoms with van der Waals surface area (Å²) in [5.74, 6) is 0. The van der Waals surface area contributed by atoms with Gasteiger partial charge in [0.2, 0.25) is 0 Å². The Balaban J connectivity index is 1.94. The number of likely N-dealkylation sites (tertiary alicyclic amines) is 1. The summed E-state index contributed by atoms with van der Waals surface area (Å²) >= 11 is 0. The highest BCUT2D eigenvalue weighted by molar-refractivity contribution is 5.67. The fourth-order valence-electron chi connectivity index (χ4n) is 2.58. The van der Waals surface area contributed by atoms with Crippen molar-refractivity contribution in [2.45, 2.75) is 32.7 Å². The van der Waals surface area contributed by atoms with E-state index >= 15 is 0 Å². The minimum Gasteiger partial charge on any atom is -0.450 e. The Morgan fingerprint density at radius 3 is 2.81 bits per heavy atom. The number of nitrogens with one attached hydrogen (secondary N) is 1. The molecule has 5 heteroatoms. The van der Waals surface area contributed by atoms with Crippen LogP contribution < -0.4 is 5.32 Å². The van der Waals surface area contributed by atoms with Gasteiger partial charge < -0.3 is 15.0 Å². The number of hydrogen-bond donors (Lipinski definition) is 1. The third kappa shape index (κ3) is 3.66. The molecule has 1 aromatic rings. The van der Waals surface area contributed by atoms with E-state index in [1.54, 1.807) is 4.90 Å². The maximum absolute atomic E-state index is 11.6. The number of carbonyl (C=O) groups excluding carboxylic acids is 1. The van der Waals surface area contributed by atoms with E-state index in [1.807, 2.05) is 32.0 Å². The third-order valence-electron chi connectivity index (χ3n) is 3.77. The number of anilines is 1. The first-order valence-corrected chi connectivity index (χ1v) is 7.33. The van der Waals surface area contributed by atoms with Crippen LogP contribution in [0.25, 0.3) is 0 Å². The quantitative estimate of drug-likeness (QED) is 0.928. The Labute approximate surface area is 125 Å². The molecule has 0 aliphatic carbocycles. The van der Waals surface area contributed by atoms with Gasteiger partial charge in [-0.1, -0.05) is 12.1 Å². The molecule has 0 aromatic heterocycles. The van der Waals surface area contributed by atoms with Crippen molar-refractivity contribution >= 4 is 11.8 Å². The average molecular weight is 287 g/mol. The Morgan fingerprint density at radius 2 is 2.19 bits per heavy atom. The van der Waals surface area contributed by atoms with Gasteiger partial charge in [-0.25, -0.2) is 4.79 Å². The molecule has 1 saturated heterocycles. The molecule has 1 aliphatic rings. The fraction of sp³-hybridized carbons (Fsp3) is 0.500. The summed E-state index contributed by atoms with van der Waals surface area (Å²) < 4.78 is 5.01. The zero-order valence-corrected chi connectivity index (χ0v) is 12.6. The predicted octanol–water partition coefficient (Wildman–Crippen LogP) is 2.90. The van der Waals surface area contributed by atoms with Crippen LogP contribution in [-0.2, 0) is 4.74 Å². The molecule has 0 saturated carbocycles. The molecule has 0 unspecified atom stereocenters. The summed E-state index contributed by atoms with van der Waals surface area (Å²) in [6.07, 6.45) is 1.49. The van der Waals surface area contributed by atoms with E-state index in [2.05, 4.69) is 11.4 Å². The lowest BCUT2D eigenvalue weighted by Gasteiger charge is -2.32. The molecule has 0 bridgehead atoms. The molecular formula is C16H21N3O2. The van der Waals surface area contributed by atoms with Crippen molar-refractivity contribution in [1.82, 2.24) is 4.90 Å². The molecule has 21 heavy (non-hydrogen) atoms. The van der Waals surface area contributed by atoms with E-state index in [0.717, 1.165) is 24.1 Å². The smallest absolute Gasteiger partial charge is 0.409 e. The standard InChI is InChI=1S/C16H21N3O2/c1-3-21-16(20)19-9-7-13(8-10-19)18-15-6-4-5-12(2)14(15)11-17/h4-6,13,18H,3,7-10H2,1-2H3. The number of aryl methyl sites for hydroxylation is 1. The van der Waals surface area contributed by atoms with Gasteiger partial charge in [0.05, 0.1) is 17.9 Å². The van der Waals surface area contributed by atoms with E-state index in [1.165, 1.54) is 0 Å². The zero-order chi connectivity index (χ0) is 15.2. The molecule has 1 fully saturated rings. The predicted molar refractivity (Wildman–Crippen MR) is 81.1 cm³/mol. The van der Waals surface area contributed by atoms with Crippen molar-refractivity contribution in [3.05, 3.63) is 29.3 Å². The number of hydrogen-bond acceptors (Lipinski definition) is 4. The number of piperidine rings is 1. The first kappa shape index (κ1) is 15.2. The van der Waals surface area contributed by atoms with Crippen LogP contribution >= 0.6 is 0 Å². The average Bonchev–Trinajstić information content (AvgIpc) is 2.48. The lowest BCUT2D eigenvalue weighted by molar-refractivity contribution is 0.0983. The Hall–Kier alpha value is -2.22. The number of rotatable bonds is 3. The van der Waals surface area contributed by atoms with Crippen LogP contribution in [-0.4, -0.2) is 36.7 Å². The first-order chi connectivity index (χ1) is 10.2. The van der Waals surface area contributed by atoms with Gasteiger partial charge in [0.25, 0.3) is 0 Å². The van der Waals surface area contributed by atoms with E-state index in [0.29, 0.717) is 25.3 Å². The number of nitrogens with zero attached hydrogens (tertiary/aromatic N) is 2. The highest BCUT2D eigenvalue weighted by atomic mass is 16.6. The van der Waals surface area contributed by atoms with Crippen molar-refractivity contribution in [2.24, 2.45) is 0 Å². The van der Waals surface area contributed by atoms with Crippen LogP contribution in [0.15, 0.2) is 18.2 Å². The highest BCUT2D eigenvalue weighted by Crippen LogP contribution is 2.22. The second-order valence-electron chi connectivity index (χ2n) is 5.21. The summed E-state index contributed by atoms with van der Waals surface area (Å²) in [4.78, 5) is 13.4. The van der Waals surface area contributed by atoms with Gasteiger partial charge in [0.15, 0.2) is 0 Å². The molecule has 112 valence electrons. The molecular weight excluding hydrogens is 266 g/mol. The van der Waals surface area contributed by atoms with Crippen LogP contribution in [0.2, 0.25) is 0 Å². The van der Waals surface area contributed by atoms with Crippen molar-refractivity contribution in [3.8, 4) is 6.07 Å². The van der Waals surface area contributed by atoms with Crippen molar-refractivity contribution < 1.29 is 9.53 Å². The van der Waals surface area contributed by atoms with Crippen molar-refractivity contribution in [1.29, 1.82) is 5.26 Å². The number of ether oxygens (including phenoxy) is 1. The van der Waals surface area contributed by atoms with Crippen LogP contribution in [0.4, 0.5) is 10.5 Å². The molecule has 1 aliphatic heterocycles. The lowest BCUT2D eigenvalue weighted by atomic mass is 10.0. The van der Waals surface area contributed by atoms with Crippen molar-refractivity contribution in [3.63, 3.8) is 0 Å². The maximum atomic E-state index is 11.6. The number of carbonyl (C=O) groups is 1. The van der Waals surface area contributed by atoms with Gasteiger partial charge in [0.1, 0.15) is 6.07 Å². The van der Waals surface area contributed by atoms with E-state index in [4.69, 9.17) is 4.74 Å². The van der Waals surface area contributed by atoms with Gasteiger partial charge in [-0.05, 0) is 38.3 Å². The molecule has 0 atom stereocenters. The van der Waals surface area contributed by atoms with Crippen LogP contribution in [0.5, 0.6) is 0 Å². The zero-order valence-electron chi connectivity index (χ0n) is 12.6. The summed E-state index contributed by atoms with van der Waals surface area (Å²) in [6.45, 7) is 5.53. The Bertz CT molecular complexity index is 543. The summed E-state index contributed by atoms with van der Waals surface area (Å²) in [7, 11) is 0.